The molecular weight excluding hydrogens is 581 g/mol. The van der Waals surface area contributed by atoms with Crippen molar-refractivity contribution in [2.45, 2.75) is 38.3 Å². The summed E-state index contributed by atoms with van der Waals surface area (Å²) >= 11 is 18.3. The second-order valence-electron chi connectivity index (χ2n) is 9.41. The molecule has 2 amide bonds. The third-order valence-corrected chi connectivity index (χ3v) is 8.38. The van der Waals surface area contributed by atoms with Gasteiger partial charge in [-0.2, -0.15) is 0 Å². The lowest BCUT2D eigenvalue weighted by atomic mass is 10.1. The second kappa shape index (κ2) is 13.5. The Morgan fingerprint density at radius 1 is 0.846 bits per heavy atom. The van der Waals surface area contributed by atoms with E-state index in [0.29, 0.717) is 27.2 Å². The van der Waals surface area contributed by atoms with Gasteiger partial charge in [-0.15, -0.1) is 0 Å². The van der Waals surface area contributed by atoms with E-state index in [9.17, 15) is 18.0 Å². The minimum atomic E-state index is -4.22. The Hall–Kier alpha value is -2.78. The summed E-state index contributed by atoms with van der Waals surface area (Å²) in [6.07, 6.45) is 0. The normalized spacial score (nSPS) is 12.2. The quantitative estimate of drug-likeness (QED) is 0.287. The third kappa shape index (κ3) is 8.35. The third-order valence-electron chi connectivity index (χ3n) is 5.87. The Kier molecular flexibility index (Phi) is 10.7. The number of hydrogen-bond acceptors (Lipinski definition) is 4. The monoisotopic (exact) mass is 609 g/mol. The fraction of sp³-hybridized carbons (Fsp3) is 0.286. The molecule has 1 unspecified atom stereocenters. The molecule has 0 aliphatic carbocycles. The maximum absolute atomic E-state index is 13.9. The number of amides is 2. The van der Waals surface area contributed by atoms with Gasteiger partial charge in [-0.1, -0.05) is 66.8 Å². The van der Waals surface area contributed by atoms with E-state index >= 15 is 0 Å². The first-order valence-electron chi connectivity index (χ1n) is 12.2. The molecule has 3 rings (SSSR count). The van der Waals surface area contributed by atoms with E-state index < -0.39 is 28.5 Å². The summed E-state index contributed by atoms with van der Waals surface area (Å²) in [6.45, 7) is 5.43. The molecule has 0 saturated carbocycles. The number of benzene rings is 3. The Balaban J connectivity index is 2.01. The van der Waals surface area contributed by atoms with Gasteiger partial charge in [-0.25, -0.2) is 8.42 Å². The number of nitrogens with zero attached hydrogens (tertiary/aromatic N) is 2. The first kappa shape index (κ1) is 30.8. The molecule has 39 heavy (non-hydrogen) atoms. The number of hydrogen-bond donors (Lipinski definition) is 1. The summed E-state index contributed by atoms with van der Waals surface area (Å²) in [5.74, 6) is -0.727. The molecule has 0 saturated heterocycles. The topological polar surface area (TPSA) is 86.8 Å². The molecular formula is C28H30Cl3N3O4S. The zero-order valence-corrected chi connectivity index (χ0v) is 24.9. The average molecular weight is 611 g/mol. The van der Waals surface area contributed by atoms with Crippen molar-refractivity contribution in [3.8, 4) is 0 Å². The lowest BCUT2D eigenvalue weighted by Crippen LogP contribution is -2.51. The van der Waals surface area contributed by atoms with Crippen LogP contribution >= 0.6 is 34.8 Å². The molecule has 0 spiro atoms. The SMILES string of the molecule is CC(C)CNC(=O)C(C)N(Cc1cccc(Cl)c1)C(=O)CN(c1cccc(Cl)c1)S(=O)(=O)c1ccc(Cl)cc1. The van der Waals surface area contributed by atoms with Gasteiger partial charge in [0.2, 0.25) is 11.8 Å². The highest BCUT2D eigenvalue weighted by atomic mass is 35.5. The number of sulfonamides is 1. The molecule has 11 heteroatoms. The molecule has 0 radical (unpaired) electrons. The average Bonchev–Trinajstić information content (AvgIpc) is 2.88. The Bertz CT molecular complexity index is 1420. The predicted octanol–water partition coefficient (Wildman–Crippen LogP) is 6.03. The lowest BCUT2D eigenvalue weighted by molar-refractivity contribution is -0.139. The van der Waals surface area contributed by atoms with E-state index in [1.54, 1.807) is 49.4 Å². The summed E-state index contributed by atoms with van der Waals surface area (Å²) in [7, 11) is -4.22. The van der Waals surface area contributed by atoms with Crippen molar-refractivity contribution in [2.24, 2.45) is 5.92 Å². The largest absolute Gasteiger partial charge is 0.354 e. The molecule has 3 aromatic carbocycles. The van der Waals surface area contributed by atoms with Crippen molar-refractivity contribution < 1.29 is 18.0 Å². The maximum Gasteiger partial charge on any atom is 0.264 e. The molecule has 1 N–H and O–H groups in total. The van der Waals surface area contributed by atoms with E-state index in [2.05, 4.69) is 5.32 Å². The summed E-state index contributed by atoms with van der Waals surface area (Å²) < 4.78 is 28.5. The van der Waals surface area contributed by atoms with Gasteiger partial charge in [-0.3, -0.25) is 13.9 Å². The standard InChI is InChI=1S/C28H30Cl3N3O4S/c1-19(2)16-32-28(36)20(3)33(17-21-6-4-7-23(30)14-21)27(35)18-34(25-9-5-8-24(31)15-25)39(37,38)26-12-10-22(29)11-13-26/h4-15,19-20H,16-18H2,1-3H3,(H,32,36). The van der Waals surface area contributed by atoms with Crippen LogP contribution in [0.25, 0.3) is 0 Å². The summed E-state index contributed by atoms with van der Waals surface area (Å²) in [5, 5.41) is 3.99. The molecule has 0 heterocycles. The van der Waals surface area contributed by atoms with Crippen LogP contribution in [0.2, 0.25) is 15.1 Å². The Morgan fingerprint density at radius 3 is 2.05 bits per heavy atom. The van der Waals surface area contributed by atoms with Gasteiger partial charge in [0.15, 0.2) is 0 Å². The van der Waals surface area contributed by atoms with Crippen LogP contribution in [0.3, 0.4) is 0 Å². The second-order valence-corrected chi connectivity index (χ2v) is 12.6. The molecule has 0 bridgehead atoms. The molecule has 0 fully saturated rings. The number of nitrogens with one attached hydrogen (secondary N) is 1. The summed E-state index contributed by atoms with van der Waals surface area (Å²) in [5.41, 5.74) is 0.889. The van der Waals surface area contributed by atoms with E-state index in [1.165, 1.54) is 35.2 Å². The highest BCUT2D eigenvalue weighted by molar-refractivity contribution is 7.92. The van der Waals surface area contributed by atoms with Gasteiger partial charge in [-0.05, 0) is 73.0 Å². The van der Waals surface area contributed by atoms with Crippen molar-refractivity contribution in [2.75, 3.05) is 17.4 Å². The first-order valence-corrected chi connectivity index (χ1v) is 14.8. The van der Waals surface area contributed by atoms with Gasteiger partial charge in [0.05, 0.1) is 10.6 Å². The number of carbonyl (C=O) groups is 2. The Labute approximate surface area is 244 Å². The van der Waals surface area contributed by atoms with Crippen LogP contribution in [0.15, 0.2) is 77.7 Å². The summed E-state index contributed by atoms with van der Waals surface area (Å²) in [6, 6.07) is 17.9. The van der Waals surface area contributed by atoms with Crippen LogP contribution < -0.4 is 9.62 Å². The molecule has 3 aromatic rings. The van der Waals surface area contributed by atoms with Crippen molar-refractivity contribution in [1.82, 2.24) is 10.2 Å². The van der Waals surface area contributed by atoms with E-state index in [0.717, 1.165) is 4.31 Å². The molecule has 0 aliphatic heterocycles. The van der Waals surface area contributed by atoms with Crippen LogP contribution in [-0.2, 0) is 26.2 Å². The number of carbonyl (C=O) groups excluding carboxylic acids is 2. The van der Waals surface area contributed by atoms with Crippen LogP contribution in [0.1, 0.15) is 26.3 Å². The highest BCUT2D eigenvalue weighted by Crippen LogP contribution is 2.27. The zero-order chi connectivity index (χ0) is 28.7. The van der Waals surface area contributed by atoms with Crippen LogP contribution in [0.5, 0.6) is 0 Å². The smallest absolute Gasteiger partial charge is 0.264 e. The van der Waals surface area contributed by atoms with Gasteiger partial charge >= 0.3 is 0 Å². The molecule has 0 aliphatic rings. The van der Waals surface area contributed by atoms with Crippen molar-refractivity contribution in [3.63, 3.8) is 0 Å². The fourth-order valence-electron chi connectivity index (χ4n) is 3.76. The summed E-state index contributed by atoms with van der Waals surface area (Å²) in [4.78, 5) is 28.2. The van der Waals surface area contributed by atoms with Crippen molar-refractivity contribution >= 4 is 62.3 Å². The lowest BCUT2D eigenvalue weighted by Gasteiger charge is -2.32. The minimum Gasteiger partial charge on any atom is -0.354 e. The van der Waals surface area contributed by atoms with Crippen LogP contribution in [-0.4, -0.2) is 44.3 Å². The minimum absolute atomic E-state index is 0.0417. The van der Waals surface area contributed by atoms with E-state index in [1.807, 2.05) is 13.8 Å². The maximum atomic E-state index is 13.9. The van der Waals surface area contributed by atoms with E-state index in [4.69, 9.17) is 34.8 Å². The number of halogens is 3. The van der Waals surface area contributed by atoms with Gasteiger partial charge in [0.1, 0.15) is 12.6 Å². The number of rotatable bonds is 11. The van der Waals surface area contributed by atoms with Gasteiger partial charge in [0, 0.05) is 28.2 Å². The van der Waals surface area contributed by atoms with Crippen molar-refractivity contribution in [1.29, 1.82) is 0 Å². The van der Waals surface area contributed by atoms with Crippen LogP contribution in [0, 0.1) is 5.92 Å². The molecule has 0 aromatic heterocycles. The zero-order valence-electron chi connectivity index (χ0n) is 21.8. The highest BCUT2D eigenvalue weighted by Gasteiger charge is 2.32. The van der Waals surface area contributed by atoms with E-state index in [-0.39, 0.29) is 29.0 Å². The predicted molar refractivity (Wildman–Crippen MR) is 157 cm³/mol. The molecule has 1 atom stereocenters. The fourth-order valence-corrected chi connectivity index (χ4v) is 5.69. The first-order chi connectivity index (χ1) is 18.4. The van der Waals surface area contributed by atoms with Gasteiger partial charge < -0.3 is 10.2 Å². The molecule has 7 nitrogen and oxygen atoms in total. The van der Waals surface area contributed by atoms with Crippen molar-refractivity contribution in [3.05, 3.63) is 93.4 Å². The van der Waals surface area contributed by atoms with Gasteiger partial charge in [0.25, 0.3) is 10.0 Å². The Morgan fingerprint density at radius 2 is 1.46 bits per heavy atom. The van der Waals surface area contributed by atoms with Crippen LogP contribution in [0.4, 0.5) is 5.69 Å². The number of anilines is 1. The molecule has 208 valence electrons.